The van der Waals surface area contributed by atoms with Crippen molar-refractivity contribution in [1.29, 1.82) is 0 Å². The zero-order valence-electron chi connectivity index (χ0n) is 52.5. The van der Waals surface area contributed by atoms with E-state index in [-0.39, 0.29) is 42.9 Å². The third kappa shape index (κ3) is 11.0. The van der Waals surface area contributed by atoms with Gasteiger partial charge in [-0.2, -0.15) is 6.07 Å². The number of hydrogen-bond donors (Lipinski definition) is 0. The van der Waals surface area contributed by atoms with Crippen LogP contribution >= 0.6 is 0 Å². The molecule has 12 aromatic rings. The van der Waals surface area contributed by atoms with Gasteiger partial charge in [0.2, 0.25) is 0 Å². The number of pyridine rings is 1. The number of hydrogen-bond acceptors (Lipinski definition) is 4. The van der Waals surface area contributed by atoms with Crippen LogP contribution in [0.2, 0.25) is 0 Å². The minimum Gasteiger partial charge on any atom is -0.509 e. The second-order valence-electron chi connectivity index (χ2n) is 25.2. The van der Waals surface area contributed by atoms with Crippen LogP contribution in [0.3, 0.4) is 0 Å². The van der Waals surface area contributed by atoms with E-state index in [1.165, 1.54) is 11.1 Å². The van der Waals surface area contributed by atoms with Gasteiger partial charge in [-0.3, -0.25) is 0 Å². The molecule has 424 valence electrons. The molecular formula is C79H69N4OPt-3. The molecule has 1 aliphatic heterocycles. The number of nitrogens with zero attached hydrogens (tertiary/aromatic N) is 4. The Morgan fingerprint density at radius 2 is 0.976 bits per heavy atom. The Bertz CT molecular complexity index is 4550. The van der Waals surface area contributed by atoms with Crippen LogP contribution in [0.4, 0.5) is 22.7 Å². The molecule has 5 nitrogen and oxygen atoms in total. The van der Waals surface area contributed by atoms with Crippen molar-refractivity contribution in [2.24, 2.45) is 0 Å². The number of aromatic nitrogens is 2. The summed E-state index contributed by atoms with van der Waals surface area (Å²) in [7, 11) is 0. The van der Waals surface area contributed by atoms with E-state index in [2.05, 4.69) is 273 Å². The van der Waals surface area contributed by atoms with Crippen molar-refractivity contribution in [3.05, 3.63) is 272 Å². The molecule has 0 N–H and O–H groups in total. The predicted octanol–water partition coefficient (Wildman–Crippen LogP) is 21.5. The molecule has 0 spiro atoms. The molecule has 1 aliphatic rings. The van der Waals surface area contributed by atoms with E-state index in [0.29, 0.717) is 28.4 Å². The normalized spacial score (nSPS) is 13.3. The van der Waals surface area contributed by atoms with E-state index in [0.717, 1.165) is 94.7 Å². The van der Waals surface area contributed by atoms with Gasteiger partial charge >= 0.3 is 0 Å². The first-order valence-corrected chi connectivity index (χ1v) is 29.0. The van der Waals surface area contributed by atoms with Crippen molar-refractivity contribution in [3.8, 4) is 73.0 Å². The smallest absolute Gasteiger partial charge is 0.135 e. The second kappa shape index (κ2) is 22.3. The fourth-order valence-corrected chi connectivity index (χ4v) is 11.6. The van der Waals surface area contributed by atoms with Crippen molar-refractivity contribution in [2.45, 2.75) is 85.4 Å². The fraction of sp³-hybridized carbons (Fsp3) is 0.165. The Morgan fingerprint density at radius 3 is 1.64 bits per heavy atom. The van der Waals surface area contributed by atoms with E-state index in [4.69, 9.17) is 13.8 Å². The molecule has 0 bridgehead atoms. The summed E-state index contributed by atoms with van der Waals surface area (Å²) < 4.78 is 35.4. The minimum atomic E-state index is -2.43. The summed E-state index contributed by atoms with van der Waals surface area (Å²) in [4.78, 5) is 9.62. The third-order valence-electron chi connectivity index (χ3n) is 16.4. The quantitative estimate of drug-likeness (QED) is 0.128. The van der Waals surface area contributed by atoms with Gasteiger partial charge in [0.15, 0.2) is 0 Å². The number of aryl methyl sites for hydroxylation is 1. The SMILES string of the molecule is [2H]C([2H])([2H])c1cc(-n2c3[c-]c(Oc4[c-]c(N5[CH-]N(c6c(-c7ccc(C(C)(C)C)cc7)cccc6-c6cccc(-c7ccccc7)c6)c6ccccc65)cc(C(C)(C)C)c4)ccc3c3cc(-c4ccc(C(C)(C)C)cc4)ccc32)ncc1-c1ccccc1.[Pt]. The van der Waals surface area contributed by atoms with Crippen LogP contribution in [-0.2, 0) is 37.3 Å². The molecular weight excluding hydrogens is 1220 g/mol. The Balaban J connectivity index is 0.00000754. The van der Waals surface area contributed by atoms with Gasteiger partial charge < -0.3 is 19.1 Å². The average molecular weight is 1290 g/mol. The van der Waals surface area contributed by atoms with Crippen molar-refractivity contribution in [3.63, 3.8) is 0 Å². The van der Waals surface area contributed by atoms with Crippen LogP contribution in [0.1, 0.15) is 88.7 Å². The number of ether oxygens (including phenoxy) is 1. The summed E-state index contributed by atoms with van der Waals surface area (Å²) in [6, 6.07) is 86.0. The van der Waals surface area contributed by atoms with E-state index in [1.54, 1.807) is 12.3 Å². The molecule has 6 heteroatoms. The third-order valence-corrected chi connectivity index (χ3v) is 16.4. The first-order chi connectivity index (χ1) is 41.6. The van der Waals surface area contributed by atoms with Gasteiger partial charge in [-0.15, -0.1) is 53.6 Å². The monoisotopic (exact) mass is 1290 g/mol. The van der Waals surface area contributed by atoms with Crippen LogP contribution < -0.4 is 14.5 Å². The van der Waals surface area contributed by atoms with Gasteiger partial charge in [-0.25, -0.2) is 4.98 Å². The number of rotatable bonds is 10. The summed E-state index contributed by atoms with van der Waals surface area (Å²) >= 11 is 0. The van der Waals surface area contributed by atoms with Crippen molar-refractivity contribution in [2.75, 3.05) is 9.80 Å². The molecule has 10 aromatic carbocycles. The summed E-state index contributed by atoms with van der Waals surface area (Å²) in [5.74, 6) is 1.45. The number of para-hydroxylation sites is 3. The van der Waals surface area contributed by atoms with Crippen molar-refractivity contribution >= 4 is 44.6 Å². The number of benzene rings is 10. The topological polar surface area (TPSA) is 33.5 Å². The standard InChI is InChI=1S/C79H69N4O.Pt/c1-52-43-75(80-50-70(52)55-23-15-12-16-24-55)83-71-42-35-58(54-31-36-60(37-32-54)77(2,3)4)45-69(71)68-41-40-64(49-74(68)83)84-65-47-62(79(8,9)10)46-63(48-65)81-51-82(73-30-18-17-29-72(73)81)76-66(56-33-38-61(39-34-56)78(5,6)7)27-20-28-67(76)59-26-19-25-57(44-59)53-21-13-11-14-22-53;/h11-47,50-51H,1-10H3;/q-3;/i1D3;. The molecule has 0 atom stereocenters. The molecule has 0 amide bonds. The van der Waals surface area contributed by atoms with Crippen LogP contribution in [-0.4, -0.2) is 9.55 Å². The van der Waals surface area contributed by atoms with Crippen molar-refractivity contribution in [1.82, 2.24) is 9.55 Å². The Labute approximate surface area is 520 Å². The Kier molecular flexibility index (Phi) is 13.9. The van der Waals surface area contributed by atoms with Gasteiger partial charge in [0.25, 0.3) is 0 Å². The van der Waals surface area contributed by atoms with Crippen LogP contribution in [0, 0.1) is 25.7 Å². The van der Waals surface area contributed by atoms with E-state index >= 15 is 0 Å². The number of anilines is 4. The Morgan fingerprint density at radius 1 is 0.435 bits per heavy atom. The van der Waals surface area contributed by atoms with Gasteiger partial charge in [0.1, 0.15) is 5.82 Å². The molecule has 0 radical (unpaired) electrons. The summed E-state index contributed by atoms with van der Waals surface area (Å²) in [6.45, 7) is 19.9. The predicted molar refractivity (Wildman–Crippen MR) is 352 cm³/mol. The molecule has 0 aliphatic carbocycles. The molecule has 0 saturated carbocycles. The largest absolute Gasteiger partial charge is 0.509 e. The first-order valence-electron chi connectivity index (χ1n) is 30.5. The zero-order valence-corrected chi connectivity index (χ0v) is 51.8. The van der Waals surface area contributed by atoms with Crippen LogP contribution in [0.5, 0.6) is 11.5 Å². The molecule has 13 rings (SSSR count). The Hall–Kier alpha value is -8.76. The fourth-order valence-electron chi connectivity index (χ4n) is 11.6. The summed E-state index contributed by atoms with van der Waals surface area (Å²) in [5.41, 5.74) is 19.2. The molecule has 3 heterocycles. The molecule has 0 fully saturated rings. The van der Waals surface area contributed by atoms with Gasteiger partial charge in [-0.1, -0.05) is 238 Å². The first kappa shape index (κ1) is 53.0. The molecule has 0 unspecified atom stereocenters. The average Bonchev–Trinajstić information content (AvgIpc) is 1.58. The zero-order chi connectivity index (χ0) is 60.6. The number of fused-ring (bicyclic) bond motifs is 4. The second-order valence-corrected chi connectivity index (χ2v) is 25.2. The molecule has 2 aromatic heterocycles. The van der Waals surface area contributed by atoms with Gasteiger partial charge in [-0.05, 0) is 114 Å². The summed E-state index contributed by atoms with van der Waals surface area (Å²) in [6.07, 6.45) is 1.69. The summed E-state index contributed by atoms with van der Waals surface area (Å²) in [5, 5.41) is 1.89. The maximum absolute atomic E-state index is 8.79. The minimum absolute atomic E-state index is 0. The maximum atomic E-state index is 8.79. The van der Waals surface area contributed by atoms with Gasteiger partial charge in [0.05, 0.1) is 0 Å². The maximum Gasteiger partial charge on any atom is 0.135 e. The van der Waals surface area contributed by atoms with Crippen LogP contribution in [0.25, 0.3) is 83.3 Å². The van der Waals surface area contributed by atoms with E-state index in [1.807, 2.05) is 41.0 Å². The van der Waals surface area contributed by atoms with E-state index < -0.39 is 6.85 Å². The molecule has 0 saturated heterocycles. The van der Waals surface area contributed by atoms with E-state index in [9.17, 15) is 0 Å². The van der Waals surface area contributed by atoms with Crippen molar-refractivity contribution < 1.29 is 29.9 Å². The van der Waals surface area contributed by atoms with Crippen LogP contribution in [0.15, 0.2) is 231 Å². The molecule has 85 heavy (non-hydrogen) atoms. The van der Waals surface area contributed by atoms with Gasteiger partial charge in [0, 0.05) is 82.1 Å².